The van der Waals surface area contributed by atoms with E-state index in [-0.39, 0.29) is 17.4 Å². The number of phenols is 3. The summed E-state index contributed by atoms with van der Waals surface area (Å²) in [5.74, 6) is 0.352. The van der Waals surface area contributed by atoms with Crippen molar-refractivity contribution in [3.05, 3.63) is 119 Å². The Hall–Kier alpha value is -4.51. The first-order chi connectivity index (χ1) is 17.9. The monoisotopic (exact) mass is 491 g/mol. The summed E-state index contributed by atoms with van der Waals surface area (Å²) in [5.41, 5.74) is 4.94. The molecule has 5 heteroatoms. The standard InChI is InChI=1S/C32H29NO4/c1-20(2)26-18-22(12-14-28(26)37-29-15-13-23-10-6-7-11-27(23)33-29)17-25-19-24(30(34)32(36)31(25)35)16-21-8-4-3-5-9-21/h3-15,18-20,34-36H,16-17H2,1-2H3. The highest BCUT2D eigenvalue weighted by atomic mass is 16.5. The van der Waals surface area contributed by atoms with E-state index >= 15 is 0 Å². The number of phenolic OH excluding ortho intramolecular Hbond substituents is 3. The Morgan fingerprint density at radius 2 is 1.35 bits per heavy atom. The molecule has 0 unspecified atom stereocenters. The minimum absolute atomic E-state index is 0.186. The third-order valence-corrected chi connectivity index (χ3v) is 6.52. The highest BCUT2D eigenvalue weighted by Gasteiger charge is 2.18. The number of pyridine rings is 1. The number of hydrogen-bond acceptors (Lipinski definition) is 5. The van der Waals surface area contributed by atoms with E-state index in [9.17, 15) is 15.3 Å². The molecule has 0 aliphatic carbocycles. The van der Waals surface area contributed by atoms with Crippen molar-refractivity contribution >= 4 is 10.9 Å². The van der Waals surface area contributed by atoms with Crippen LogP contribution in [0.15, 0.2) is 91.0 Å². The minimum atomic E-state index is -0.491. The molecule has 5 aromatic rings. The number of aromatic hydroxyl groups is 3. The molecule has 0 radical (unpaired) electrons. The van der Waals surface area contributed by atoms with Crippen molar-refractivity contribution in [3.8, 4) is 28.9 Å². The second kappa shape index (κ2) is 10.2. The van der Waals surface area contributed by atoms with Crippen molar-refractivity contribution in [2.24, 2.45) is 0 Å². The fourth-order valence-corrected chi connectivity index (χ4v) is 4.54. The topological polar surface area (TPSA) is 82.8 Å². The molecule has 1 heterocycles. The Balaban J connectivity index is 1.44. The van der Waals surface area contributed by atoms with Crippen LogP contribution in [0.3, 0.4) is 0 Å². The van der Waals surface area contributed by atoms with E-state index in [1.54, 1.807) is 6.07 Å². The molecule has 0 atom stereocenters. The van der Waals surface area contributed by atoms with Gasteiger partial charge in [0.05, 0.1) is 5.52 Å². The van der Waals surface area contributed by atoms with Crippen LogP contribution in [0.4, 0.5) is 0 Å². The number of benzene rings is 4. The van der Waals surface area contributed by atoms with Gasteiger partial charge in [-0.15, -0.1) is 0 Å². The molecule has 0 bridgehead atoms. The number of ether oxygens (including phenoxy) is 1. The zero-order valence-corrected chi connectivity index (χ0v) is 20.8. The van der Waals surface area contributed by atoms with Gasteiger partial charge in [0.1, 0.15) is 5.75 Å². The van der Waals surface area contributed by atoms with Gasteiger partial charge in [-0.05, 0) is 46.9 Å². The van der Waals surface area contributed by atoms with Gasteiger partial charge < -0.3 is 20.1 Å². The van der Waals surface area contributed by atoms with E-state index < -0.39 is 5.75 Å². The van der Waals surface area contributed by atoms with Crippen LogP contribution in [0.2, 0.25) is 0 Å². The summed E-state index contributed by atoms with van der Waals surface area (Å²) >= 11 is 0. The molecule has 0 spiro atoms. The van der Waals surface area contributed by atoms with Gasteiger partial charge in [-0.1, -0.05) is 74.5 Å². The maximum atomic E-state index is 10.6. The summed E-state index contributed by atoms with van der Waals surface area (Å²) in [6.45, 7) is 4.20. The number of hydrogen-bond donors (Lipinski definition) is 3. The van der Waals surface area contributed by atoms with Gasteiger partial charge in [-0.2, -0.15) is 0 Å². The smallest absolute Gasteiger partial charge is 0.219 e. The molecule has 0 saturated heterocycles. The number of rotatable bonds is 7. The van der Waals surface area contributed by atoms with Crippen LogP contribution in [0.25, 0.3) is 10.9 Å². The molecule has 0 saturated carbocycles. The van der Waals surface area contributed by atoms with Crippen LogP contribution in [-0.4, -0.2) is 20.3 Å². The van der Waals surface area contributed by atoms with E-state index in [2.05, 4.69) is 24.9 Å². The van der Waals surface area contributed by atoms with Gasteiger partial charge >= 0.3 is 0 Å². The molecule has 0 amide bonds. The van der Waals surface area contributed by atoms with Crippen molar-refractivity contribution < 1.29 is 20.1 Å². The van der Waals surface area contributed by atoms with Crippen LogP contribution < -0.4 is 4.74 Å². The molecule has 37 heavy (non-hydrogen) atoms. The van der Waals surface area contributed by atoms with Gasteiger partial charge in [-0.25, -0.2) is 4.98 Å². The Bertz CT molecular complexity index is 1560. The van der Waals surface area contributed by atoms with Gasteiger partial charge in [0, 0.05) is 35.4 Å². The summed E-state index contributed by atoms with van der Waals surface area (Å²) in [4.78, 5) is 4.63. The lowest BCUT2D eigenvalue weighted by Crippen LogP contribution is -1.99. The fourth-order valence-electron chi connectivity index (χ4n) is 4.54. The van der Waals surface area contributed by atoms with Crippen molar-refractivity contribution in [2.75, 3.05) is 0 Å². The summed E-state index contributed by atoms with van der Waals surface area (Å²) in [6, 6.07) is 29.2. The third kappa shape index (κ3) is 5.21. The predicted molar refractivity (Wildman–Crippen MR) is 146 cm³/mol. The van der Waals surface area contributed by atoms with Crippen LogP contribution in [0, 0.1) is 0 Å². The Kier molecular flexibility index (Phi) is 6.69. The summed E-state index contributed by atoms with van der Waals surface area (Å²) in [6.07, 6.45) is 0.825. The fraction of sp³-hybridized carbons (Fsp3) is 0.156. The van der Waals surface area contributed by atoms with E-state index in [1.807, 2.05) is 78.9 Å². The lowest BCUT2D eigenvalue weighted by Gasteiger charge is -2.17. The molecule has 0 fully saturated rings. The maximum Gasteiger partial charge on any atom is 0.219 e. The second-order valence-corrected chi connectivity index (χ2v) is 9.55. The van der Waals surface area contributed by atoms with E-state index in [4.69, 9.17) is 4.74 Å². The number of para-hydroxylation sites is 1. The first-order valence-corrected chi connectivity index (χ1v) is 12.3. The van der Waals surface area contributed by atoms with Gasteiger partial charge in [-0.3, -0.25) is 0 Å². The first kappa shape index (κ1) is 24.2. The Morgan fingerprint density at radius 3 is 2.08 bits per heavy atom. The van der Waals surface area contributed by atoms with Crippen LogP contribution in [0.1, 0.15) is 47.6 Å². The highest BCUT2D eigenvalue weighted by Crippen LogP contribution is 2.42. The molecule has 1 aromatic heterocycles. The van der Waals surface area contributed by atoms with Crippen LogP contribution in [0.5, 0.6) is 28.9 Å². The van der Waals surface area contributed by atoms with Crippen molar-refractivity contribution in [2.45, 2.75) is 32.6 Å². The van der Waals surface area contributed by atoms with Gasteiger partial charge in [0.15, 0.2) is 11.5 Å². The summed E-state index contributed by atoms with van der Waals surface area (Å²) in [7, 11) is 0. The molecule has 186 valence electrons. The zero-order valence-electron chi connectivity index (χ0n) is 20.8. The first-order valence-electron chi connectivity index (χ1n) is 12.3. The molecule has 0 aliphatic heterocycles. The molecule has 5 rings (SSSR count). The average Bonchev–Trinajstić information content (AvgIpc) is 2.91. The van der Waals surface area contributed by atoms with E-state index in [0.29, 0.717) is 29.8 Å². The molecule has 5 nitrogen and oxygen atoms in total. The van der Waals surface area contributed by atoms with Gasteiger partial charge in [0.2, 0.25) is 11.6 Å². The van der Waals surface area contributed by atoms with Gasteiger partial charge in [0.25, 0.3) is 0 Å². The zero-order chi connectivity index (χ0) is 25.9. The van der Waals surface area contributed by atoms with Crippen molar-refractivity contribution in [1.82, 2.24) is 4.98 Å². The number of aromatic nitrogens is 1. The Labute approximate surface area is 216 Å². The quantitative estimate of drug-likeness (QED) is 0.206. The second-order valence-electron chi connectivity index (χ2n) is 9.55. The molecule has 3 N–H and O–H groups in total. The normalized spacial score (nSPS) is 11.2. The molecular formula is C32H29NO4. The van der Waals surface area contributed by atoms with E-state index in [1.165, 1.54) is 0 Å². The Morgan fingerprint density at radius 1 is 0.676 bits per heavy atom. The van der Waals surface area contributed by atoms with E-state index in [0.717, 1.165) is 33.3 Å². The number of fused-ring (bicyclic) bond motifs is 1. The number of nitrogens with zero attached hydrogens (tertiary/aromatic N) is 1. The largest absolute Gasteiger partial charge is 0.504 e. The van der Waals surface area contributed by atoms with Crippen molar-refractivity contribution in [1.29, 1.82) is 0 Å². The average molecular weight is 492 g/mol. The maximum absolute atomic E-state index is 10.6. The summed E-state index contributed by atoms with van der Waals surface area (Å²) in [5, 5.41) is 32.5. The molecular weight excluding hydrogens is 462 g/mol. The lowest BCUT2D eigenvalue weighted by molar-refractivity contribution is 0.363. The highest BCUT2D eigenvalue weighted by molar-refractivity contribution is 5.78. The molecule has 0 aliphatic rings. The third-order valence-electron chi connectivity index (χ3n) is 6.52. The molecule has 4 aromatic carbocycles. The summed E-state index contributed by atoms with van der Waals surface area (Å²) < 4.78 is 6.19. The van der Waals surface area contributed by atoms with Crippen LogP contribution >= 0.6 is 0 Å². The minimum Gasteiger partial charge on any atom is -0.504 e. The lowest BCUT2D eigenvalue weighted by atomic mass is 9.94. The van der Waals surface area contributed by atoms with Crippen LogP contribution in [-0.2, 0) is 12.8 Å². The SMILES string of the molecule is CC(C)c1cc(Cc2cc(Cc3ccccc3)c(O)c(O)c2O)ccc1Oc1ccc2ccccc2n1. The predicted octanol–water partition coefficient (Wildman–Crippen LogP) is 7.45. The van der Waals surface area contributed by atoms with Crippen molar-refractivity contribution in [3.63, 3.8) is 0 Å².